The van der Waals surface area contributed by atoms with Gasteiger partial charge in [0.2, 0.25) is 5.91 Å². The molecular formula is C25H23N3O2S. The van der Waals surface area contributed by atoms with Crippen LogP contribution in [0.3, 0.4) is 0 Å². The van der Waals surface area contributed by atoms with Crippen molar-refractivity contribution >= 4 is 17.2 Å². The Balaban J connectivity index is 1.69. The molecule has 1 amide bonds. The van der Waals surface area contributed by atoms with Crippen molar-refractivity contribution in [2.24, 2.45) is 0 Å². The first kappa shape index (κ1) is 20.8. The van der Waals surface area contributed by atoms with Gasteiger partial charge < -0.3 is 5.32 Å². The molecule has 4 aromatic rings. The molecule has 31 heavy (non-hydrogen) atoms. The number of aromatic nitrogens is 2. The minimum atomic E-state index is -1.19. The molecule has 0 aliphatic carbocycles. The second-order valence-corrected chi connectivity index (χ2v) is 8.68. The van der Waals surface area contributed by atoms with Gasteiger partial charge in [0.1, 0.15) is 11.2 Å². The van der Waals surface area contributed by atoms with E-state index in [0.717, 1.165) is 16.0 Å². The van der Waals surface area contributed by atoms with Crippen molar-refractivity contribution < 1.29 is 4.79 Å². The molecule has 0 aliphatic heterocycles. The summed E-state index contributed by atoms with van der Waals surface area (Å²) in [5.74, 6) is -0.289. The first-order valence-corrected chi connectivity index (χ1v) is 10.9. The lowest BCUT2D eigenvalue weighted by atomic mass is 9.96. The lowest BCUT2D eigenvalue weighted by Crippen LogP contribution is -2.50. The predicted octanol–water partition coefficient (Wildman–Crippen LogP) is 4.61. The summed E-state index contributed by atoms with van der Waals surface area (Å²) in [5, 5.41) is 9.60. The Hall–Kier alpha value is -3.51. The molecule has 0 unspecified atom stereocenters. The topological polar surface area (TPSA) is 64.0 Å². The zero-order valence-corrected chi connectivity index (χ0v) is 18.2. The number of benzene rings is 2. The summed E-state index contributed by atoms with van der Waals surface area (Å²) in [5.41, 5.74) is 1.08. The molecule has 6 heteroatoms. The molecule has 156 valence electrons. The van der Waals surface area contributed by atoms with E-state index < -0.39 is 5.54 Å². The molecule has 0 radical (unpaired) electrons. The first-order chi connectivity index (χ1) is 15.0. The second kappa shape index (κ2) is 8.70. The van der Waals surface area contributed by atoms with Crippen LogP contribution in [-0.2, 0) is 10.3 Å². The fourth-order valence-corrected chi connectivity index (χ4v) is 4.11. The number of amides is 1. The highest BCUT2D eigenvalue weighted by Gasteiger charge is 2.34. The van der Waals surface area contributed by atoms with Crippen LogP contribution in [0, 0.1) is 0 Å². The van der Waals surface area contributed by atoms with Crippen LogP contribution in [0.5, 0.6) is 0 Å². The molecule has 0 bridgehead atoms. The maximum atomic E-state index is 13.5. The summed E-state index contributed by atoms with van der Waals surface area (Å²) < 4.78 is 1.27. The van der Waals surface area contributed by atoms with Gasteiger partial charge in [0.15, 0.2) is 0 Å². The monoisotopic (exact) mass is 429 g/mol. The standard InChI is InChI=1S/C25H23N3O2S/c1-25(2,28-22(29)16-15-20(27-28)21-14-9-17-31-21)24(30)26-23(18-10-5-3-6-11-18)19-12-7-4-8-13-19/h3-17,23H,1-2H3,(H,26,30). The van der Waals surface area contributed by atoms with Crippen LogP contribution < -0.4 is 10.9 Å². The highest BCUT2D eigenvalue weighted by molar-refractivity contribution is 7.13. The fourth-order valence-electron chi connectivity index (χ4n) is 3.42. The minimum Gasteiger partial charge on any atom is -0.343 e. The smallest absolute Gasteiger partial charge is 0.267 e. The predicted molar refractivity (Wildman–Crippen MR) is 124 cm³/mol. The molecule has 2 aromatic heterocycles. The van der Waals surface area contributed by atoms with E-state index in [4.69, 9.17) is 0 Å². The van der Waals surface area contributed by atoms with E-state index in [1.54, 1.807) is 19.9 Å². The van der Waals surface area contributed by atoms with Gasteiger partial charge in [-0.05, 0) is 42.5 Å². The maximum absolute atomic E-state index is 13.5. The van der Waals surface area contributed by atoms with Crippen molar-refractivity contribution in [2.75, 3.05) is 0 Å². The van der Waals surface area contributed by atoms with Gasteiger partial charge in [-0.15, -0.1) is 11.3 Å². The number of thiophene rings is 1. The SMILES string of the molecule is CC(C)(C(=O)NC(c1ccccc1)c1ccccc1)n1nc(-c2cccs2)ccc1=O. The Morgan fingerprint density at radius 2 is 1.52 bits per heavy atom. The number of rotatable bonds is 6. The van der Waals surface area contributed by atoms with Crippen molar-refractivity contribution in [2.45, 2.75) is 25.4 Å². The molecule has 0 atom stereocenters. The van der Waals surface area contributed by atoms with Crippen LogP contribution in [0.1, 0.15) is 31.0 Å². The van der Waals surface area contributed by atoms with E-state index in [-0.39, 0.29) is 17.5 Å². The second-order valence-electron chi connectivity index (χ2n) is 7.73. The van der Waals surface area contributed by atoms with E-state index in [0.29, 0.717) is 5.69 Å². The third kappa shape index (κ3) is 4.34. The molecule has 0 fully saturated rings. The molecule has 0 aliphatic rings. The quantitative estimate of drug-likeness (QED) is 0.487. The summed E-state index contributed by atoms with van der Waals surface area (Å²) in [4.78, 5) is 27.0. The summed E-state index contributed by atoms with van der Waals surface area (Å²) in [6.07, 6.45) is 0. The Morgan fingerprint density at radius 1 is 0.903 bits per heavy atom. The van der Waals surface area contributed by atoms with Gasteiger partial charge in [-0.2, -0.15) is 5.10 Å². The van der Waals surface area contributed by atoms with E-state index in [9.17, 15) is 9.59 Å². The van der Waals surface area contributed by atoms with Gasteiger partial charge in [-0.3, -0.25) is 9.59 Å². The van der Waals surface area contributed by atoms with Gasteiger partial charge in [-0.25, -0.2) is 4.68 Å². The Labute approximate surface area is 185 Å². The first-order valence-electron chi connectivity index (χ1n) is 10.0. The number of carbonyl (C=O) groups excluding carboxylic acids is 1. The summed E-state index contributed by atoms with van der Waals surface area (Å²) in [7, 11) is 0. The highest BCUT2D eigenvalue weighted by atomic mass is 32.1. The lowest BCUT2D eigenvalue weighted by molar-refractivity contribution is -0.129. The van der Waals surface area contributed by atoms with Crippen molar-refractivity contribution in [3.05, 3.63) is 112 Å². The van der Waals surface area contributed by atoms with Crippen LogP contribution in [0.2, 0.25) is 0 Å². The van der Waals surface area contributed by atoms with Gasteiger partial charge in [0, 0.05) is 6.07 Å². The zero-order chi connectivity index (χ0) is 21.8. The average molecular weight is 430 g/mol. The molecule has 4 rings (SSSR count). The van der Waals surface area contributed by atoms with E-state index in [1.807, 2.05) is 78.2 Å². The molecule has 2 heterocycles. The number of hydrogen-bond donors (Lipinski definition) is 1. The lowest BCUT2D eigenvalue weighted by Gasteiger charge is -2.29. The summed E-state index contributed by atoms with van der Waals surface area (Å²) in [6, 6.07) is 26.3. The Kier molecular flexibility index (Phi) is 5.82. The minimum absolute atomic E-state index is 0.289. The molecule has 0 spiro atoms. The van der Waals surface area contributed by atoms with Crippen LogP contribution in [0.4, 0.5) is 0 Å². The van der Waals surface area contributed by atoms with Crippen LogP contribution in [0.15, 0.2) is 95.1 Å². The molecule has 0 saturated carbocycles. The van der Waals surface area contributed by atoms with Crippen molar-refractivity contribution in [1.29, 1.82) is 0 Å². The fraction of sp³-hybridized carbons (Fsp3) is 0.160. The molecule has 5 nitrogen and oxygen atoms in total. The van der Waals surface area contributed by atoms with Gasteiger partial charge in [-0.1, -0.05) is 66.7 Å². The number of nitrogens with zero attached hydrogens (tertiary/aromatic N) is 2. The third-order valence-corrected chi connectivity index (χ3v) is 6.09. The van der Waals surface area contributed by atoms with Crippen LogP contribution in [-0.4, -0.2) is 15.7 Å². The van der Waals surface area contributed by atoms with E-state index in [1.165, 1.54) is 22.1 Å². The Morgan fingerprint density at radius 3 is 2.06 bits per heavy atom. The number of carbonyl (C=O) groups is 1. The van der Waals surface area contributed by atoms with Crippen LogP contribution in [0.25, 0.3) is 10.6 Å². The summed E-state index contributed by atoms with van der Waals surface area (Å²) in [6.45, 7) is 3.42. The van der Waals surface area contributed by atoms with E-state index in [2.05, 4.69) is 10.4 Å². The van der Waals surface area contributed by atoms with Crippen LogP contribution >= 0.6 is 11.3 Å². The van der Waals surface area contributed by atoms with Gasteiger partial charge >= 0.3 is 0 Å². The van der Waals surface area contributed by atoms with Crippen molar-refractivity contribution in [3.63, 3.8) is 0 Å². The summed E-state index contributed by atoms with van der Waals surface area (Å²) >= 11 is 1.54. The molecular weight excluding hydrogens is 406 g/mol. The maximum Gasteiger partial charge on any atom is 0.267 e. The largest absolute Gasteiger partial charge is 0.343 e. The molecule has 1 N–H and O–H groups in total. The van der Waals surface area contributed by atoms with E-state index >= 15 is 0 Å². The highest BCUT2D eigenvalue weighted by Crippen LogP contribution is 2.25. The molecule has 2 aromatic carbocycles. The number of nitrogens with one attached hydrogen (secondary N) is 1. The third-order valence-electron chi connectivity index (χ3n) is 5.20. The van der Waals surface area contributed by atoms with Crippen molar-refractivity contribution in [3.8, 4) is 10.6 Å². The van der Waals surface area contributed by atoms with Gasteiger partial charge in [0.25, 0.3) is 5.56 Å². The Bertz CT molecular complexity index is 1180. The van der Waals surface area contributed by atoms with Crippen molar-refractivity contribution in [1.82, 2.24) is 15.1 Å². The normalized spacial score (nSPS) is 11.5. The number of hydrogen-bond acceptors (Lipinski definition) is 4. The zero-order valence-electron chi connectivity index (χ0n) is 17.4. The van der Waals surface area contributed by atoms with Gasteiger partial charge in [0.05, 0.1) is 10.9 Å². The molecule has 0 saturated heterocycles. The average Bonchev–Trinajstić information content (AvgIpc) is 3.33.